The molecule has 9 heteroatoms. The Balaban J connectivity index is 1.73. The Kier molecular flexibility index (Phi) is 4.15. The van der Waals surface area contributed by atoms with E-state index in [9.17, 15) is 8.42 Å². The maximum Gasteiger partial charge on any atom is 0.262 e. The number of fused-ring (bicyclic) bond motifs is 3. The average molecular weight is 388 g/mol. The van der Waals surface area contributed by atoms with E-state index >= 15 is 0 Å². The Bertz CT molecular complexity index is 1110. The first-order chi connectivity index (χ1) is 13.0. The number of ether oxygens (including phenoxy) is 3. The van der Waals surface area contributed by atoms with Crippen molar-refractivity contribution in [2.24, 2.45) is 0 Å². The number of methoxy groups -OCH3 is 2. The zero-order valence-corrected chi connectivity index (χ0v) is 15.4. The molecule has 0 amide bonds. The first-order valence-corrected chi connectivity index (χ1v) is 9.46. The monoisotopic (exact) mass is 388 g/mol. The van der Waals surface area contributed by atoms with E-state index in [-0.39, 0.29) is 10.6 Å². The maximum absolute atomic E-state index is 12.9. The van der Waals surface area contributed by atoms with Crippen LogP contribution in [0.1, 0.15) is 5.56 Å². The van der Waals surface area contributed by atoms with Gasteiger partial charge in [-0.3, -0.25) is 4.72 Å². The number of rotatable bonds is 5. The molecule has 0 fully saturated rings. The fourth-order valence-corrected chi connectivity index (χ4v) is 3.90. The second-order valence-electron chi connectivity index (χ2n) is 5.80. The summed E-state index contributed by atoms with van der Waals surface area (Å²) in [6.07, 6.45) is 1.55. The van der Waals surface area contributed by atoms with Crippen LogP contribution >= 0.6 is 0 Å². The summed E-state index contributed by atoms with van der Waals surface area (Å²) in [5, 5.41) is 3.75. The zero-order chi connectivity index (χ0) is 19.0. The van der Waals surface area contributed by atoms with E-state index in [1.165, 1.54) is 26.4 Å². The summed E-state index contributed by atoms with van der Waals surface area (Å²) in [7, 11) is -0.935. The molecule has 0 unspecified atom stereocenters. The van der Waals surface area contributed by atoms with Crippen LogP contribution in [0.5, 0.6) is 17.2 Å². The predicted molar refractivity (Wildman–Crippen MR) is 96.6 cm³/mol. The van der Waals surface area contributed by atoms with Gasteiger partial charge in [-0.2, -0.15) is 0 Å². The molecule has 0 aliphatic carbocycles. The number of nitrogens with zero attached hydrogens (tertiary/aromatic N) is 1. The minimum Gasteiger partial charge on any atom is -0.497 e. The summed E-state index contributed by atoms with van der Waals surface area (Å²) >= 11 is 0. The molecule has 1 aromatic heterocycles. The lowest BCUT2D eigenvalue weighted by Crippen LogP contribution is -2.14. The fourth-order valence-electron chi connectivity index (χ4n) is 2.82. The summed E-state index contributed by atoms with van der Waals surface area (Å²) in [6, 6.07) is 9.41. The molecule has 0 saturated heterocycles. The Hall–Kier alpha value is -3.20. The van der Waals surface area contributed by atoms with Gasteiger partial charge in [0.1, 0.15) is 23.9 Å². The number of hydrogen-bond donors (Lipinski definition) is 1. The molecule has 3 aromatic rings. The minimum atomic E-state index is -3.89. The van der Waals surface area contributed by atoms with Gasteiger partial charge in [0, 0.05) is 6.07 Å². The lowest BCUT2D eigenvalue weighted by molar-refractivity contribution is 0.297. The fraction of sp³-hybridized carbons (Fsp3) is 0.167. The molecule has 140 valence electrons. The smallest absolute Gasteiger partial charge is 0.262 e. The molecule has 27 heavy (non-hydrogen) atoms. The van der Waals surface area contributed by atoms with Gasteiger partial charge in [-0.1, -0.05) is 5.16 Å². The highest BCUT2D eigenvalue weighted by molar-refractivity contribution is 7.92. The summed E-state index contributed by atoms with van der Waals surface area (Å²) in [4.78, 5) is 0.0546. The van der Waals surface area contributed by atoms with Crippen molar-refractivity contribution in [3.05, 3.63) is 48.2 Å². The van der Waals surface area contributed by atoms with Gasteiger partial charge in [0.05, 0.1) is 42.1 Å². The van der Waals surface area contributed by atoms with Gasteiger partial charge in [0.25, 0.3) is 10.0 Å². The number of hydrogen-bond acceptors (Lipinski definition) is 7. The molecule has 0 saturated carbocycles. The van der Waals surface area contributed by atoms with Gasteiger partial charge < -0.3 is 18.7 Å². The van der Waals surface area contributed by atoms with Gasteiger partial charge in [-0.25, -0.2) is 8.42 Å². The quantitative estimate of drug-likeness (QED) is 0.717. The second-order valence-corrected chi connectivity index (χ2v) is 7.48. The Labute approximate surface area is 155 Å². The van der Waals surface area contributed by atoms with Crippen molar-refractivity contribution in [2.75, 3.05) is 18.9 Å². The van der Waals surface area contributed by atoms with Crippen molar-refractivity contribution in [3.63, 3.8) is 0 Å². The van der Waals surface area contributed by atoms with Gasteiger partial charge in [-0.05, 0) is 30.3 Å². The van der Waals surface area contributed by atoms with Crippen molar-refractivity contribution in [1.29, 1.82) is 0 Å². The van der Waals surface area contributed by atoms with E-state index in [4.69, 9.17) is 18.7 Å². The molecule has 1 N–H and O–H groups in total. The number of aromatic nitrogens is 1. The minimum absolute atomic E-state index is 0.0546. The predicted octanol–water partition coefficient (Wildman–Crippen LogP) is 3.05. The largest absolute Gasteiger partial charge is 0.497 e. The van der Waals surface area contributed by atoms with Crippen molar-refractivity contribution in [1.82, 2.24) is 5.16 Å². The first kappa shape index (κ1) is 17.2. The van der Waals surface area contributed by atoms with Gasteiger partial charge in [-0.15, -0.1) is 0 Å². The number of anilines is 1. The zero-order valence-electron chi connectivity index (χ0n) is 14.6. The molecule has 0 spiro atoms. The molecule has 1 aliphatic heterocycles. The van der Waals surface area contributed by atoms with Crippen molar-refractivity contribution < 1.29 is 27.2 Å². The second kappa shape index (κ2) is 6.51. The highest BCUT2D eigenvalue weighted by Crippen LogP contribution is 2.39. The first-order valence-electron chi connectivity index (χ1n) is 7.97. The average Bonchev–Trinajstić information content (AvgIpc) is 3.16. The third kappa shape index (κ3) is 3.06. The molecular formula is C18H16N2O6S. The molecule has 0 bridgehead atoms. The normalized spacial score (nSPS) is 12.5. The van der Waals surface area contributed by atoms with Crippen LogP contribution in [0, 0.1) is 0 Å². The number of sulfonamides is 1. The highest BCUT2D eigenvalue weighted by Gasteiger charge is 2.25. The van der Waals surface area contributed by atoms with E-state index in [1.807, 2.05) is 0 Å². The van der Waals surface area contributed by atoms with E-state index in [2.05, 4.69) is 9.88 Å². The van der Waals surface area contributed by atoms with Crippen molar-refractivity contribution in [2.45, 2.75) is 11.5 Å². The summed E-state index contributed by atoms with van der Waals surface area (Å²) < 4.78 is 49.6. The molecule has 8 nitrogen and oxygen atoms in total. The molecule has 1 aliphatic rings. The van der Waals surface area contributed by atoms with Crippen LogP contribution in [0.4, 0.5) is 5.69 Å². The van der Waals surface area contributed by atoms with Crippen LogP contribution < -0.4 is 18.9 Å². The third-order valence-electron chi connectivity index (χ3n) is 4.18. The topological polar surface area (TPSA) is 99.9 Å². The van der Waals surface area contributed by atoms with Gasteiger partial charge in [0.2, 0.25) is 0 Å². The van der Waals surface area contributed by atoms with Crippen LogP contribution in [0.3, 0.4) is 0 Å². The maximum atomic E-state index is 12.9. The van der Waals surface area contributed by atoms with Crippen LogP contribution in [-0.4, -0.2) is 27.8 Å². The van der Waals surface area contributed by atoms with Crippen molar-refractivity contribution >= 4 is 15.7 Å². The van der Waals surface area contributed by atoms with E-state index < -0.39 is 10.0 Å². The van der Waals surface area contributed by atoms with Gasteiger partial charge in [0.15, 0.2) is 5.76 Å². The summed E-state index contributed by atoms with van der Waals surface area (Å²) in [5.41, 5.74) is 1.57. The molecule has 4 rings (SSSR count). The molecule has 2 heterocycles. The SMILES string of the molecule is COc1ccc(OC)c(NS(=O)(=O)c2ccc3c(c2)-c2oncc2CO3)c1. The van der Waals surface area contributed by atoms with E-state index in [0.717, 1.165) is 5.56 Å². The van der Waals surface area contributed by atoms with Crippen LogP contribution in [0.15, 0.2) is 52.0 Å². The lowest BCUT2D eigenvalue weighted by atomic mass is 10.1. The summed E-state index contributed by atoms with van der Waals surface area (Å²) in [6.45, 7) is 0.331. The highest BCUT2D eigenvalue weighted by atomic mass is 32.2. The number of nitrogens with one attached hydrogen (secondary N) is 1. The molecular weight excluding hydrogens is 372 g/mol. The van der Waals surface area contributed by atoms with E-state index in [1.54, 1.807) is 30.5 Å². The standard InChI is InChI=1S/C18H16N2O6S/c1-23-12-3-5-17(24-2)15(7-12)20-27(21,22)13-4-6-16-14(8-13)18-11(10-25-16)9-19-26-18/h3-9,20H,10H2,1-2H3. The number of benzene rings is 2. The Morgan fingerprint density at radius 3 is 2.74 bits per heavy atom. The van der Waals surface area contributed by atoms with E-state index in [0.29, 0.717) is 35.2 Å². The molecule has 0 radical (unpaired) electrons. The van der Waals surface area contributed by atoms with Crippen molar-refractivity contribution in [3.8, 4) is 28.6 Å². The third-order valence-corrected chi connectivity index (χ3v) is 5.55. The Morgan fingerprint density at radius 1 is 1.11 bits per heavy atom. The molecule has 0 atom stereocenters. The lowest BCUT2D eigenvalue weighted by Gasteiger charge is -2.17. The molecule has 2 aromatic carbocycles. The summed E-state index contributed by atoms with van der Waals surface area (Å²) in [5.74, 6) is 1.92. The van der Waals surface area contributed by atoms with Crippen LogP contribution in [0.25, 0.3) is 11.3 Å². The van der Waals surface area contributed by atoms with Crippen LogP contribution in [0.2, 0.25) is 0 Å². The van der Waals surface area contributed by atoms with Gasteiger partial charge >= 0.3 is 0 Å². The van der Waals surface area contributed by atoms with Crippen LogP contribution in [-0.2, 0) is 16.6 Å². The Morgan fingerprint density at radius 2 is 1.96 bits per heavy atom.